The van der Waals surface area contributed by atoms with Crippen LogP contribution in [0.25, 0.3) is 6.08 Å². The molecule has 3 aliphatic rings. The predicted molar refractivity (Wildman–Crippen MR) is 146 cm³/mol. The molecule has 2 fully saturated rings. The Labute approximate surface area is 232 Å². The molecule has 0 radical (unpaired) electrons. The normalized spacial score (nSPS) is 22.7. The number of methoxy groups -OCH3 is 1. The second-order valence-corrected chi connectivity index (χ2v) is 11.2. The van der Waals surface area contributed by atoms with E-state index < -0.39 is 52.4 Å². The van der Waals surface area contributed by atoms with Crippen LogP contribution in [0.4, 0.5) is 10.7 Å². The third-order valence-corrected chi connectivity index (χ3v) is 9.24. The number of thiophene rings is 1. The zero-order valence-corrected chi connectivity index (χ0v) is 22.5. The lowest BCUT2D eigenvalue weighted by Crippen LogP contribution is -2.44. The van der Waals surface area contributed by atoms with Gasteiger partial charge in [0.2, 0.25) is 11.8 Å². The number of amides is 2. The van der Waals surface area contributed by atoms with E-state index in [2.05, 4.69) is 0 Å². The van der Waals surface area contributed by atoms with Gasteiger partial charge in [0.15, 0.2) is 5.78 Å². The zero-order valence-electron chi connectivity index (χ0n) is 21.7. The number of fused-ring (bicyclic) bond motifs is 5. The van der Waals surface area contributed by atoms with Gasteiger partial charge in [-0.25, -0.2) is 9.69 Å². The minimum absolute atomic E-state index is 0.158. The molecule has 2 amide bonds. The van der Waals surface area contributed by atoms with Crippen LogP contribution in [0.3, 0.4) is 0 Å². The summed E-state index contributed by atoms with van der Waals surface area (Å²) in [7, 11) is 1.24. The highest BCUT2D eigenvalue weighted by molar-refractivity contribution is 7.17. The van der Waals surface area contributed by atoms with Gasteiger partial charge in [-0.1, -0.05) is 24.3 Å². The lowest BCUT2D eigenvalue weighted by molar-refractivity contribution is -0.384. The Morgan fingerprint density at radius 2 is 1.68 bits per heavy atom. The number of imide groups is 1. The number of anilines is 1. The molecule has 0 bridgehead atoms. The van der Waals surface area contributed by atoms with Crippen LogP contribution in [0, 0.1) is 35.8 Å². The van der Waals surface area contributed by atoms with Crippen LogP contribution in [-0.4, -0.2) is 46.5 Å². The summed E-state index contributed by atoms with van der Waals surface area (Å²) in [5.41, 5.74) is 2.50. The number of nitro groups is 1. The summed E-state index contributed by atoms with van der Waals surface area (Å²) in [5.74, 6) is -4.06. The summed E-state index contributed by atoms with van der Waals surface area (Å²) in [4.78, 5) is 69.3. The van der Waals surface area contributed by atoms with Crippen LogP contribution in [0.15, 0.2) is 54.7 Å². The van der Waals surface area contributed by atoms with Crippen molar-refractivity contribution in [1.82, 2.24) is 4.90 Å². The number of carbonyl (C=O) groups excluding carboxylic acids is 4. The van der Waals surface area contributed by atoms with Gasteiger partial charge in [-0.05, 0) is 48.7 Å². The number of nitro benzene ring substituents is 1. The van der Waals surface area contributed by atoms with Gasteiger partial charge in [0.1, 0.15) is 11.0 Å². The van der Waals surface area contributed by atoms with E-state index >= 15 is 0 Å². The number of aryl methyl sites for hydroxylation is 1. The van der Waals surface area contributed by atoms with Crippen LogP contribution < -0.4 is 4.90 Å². The summed E-state index contributed by atoms with van der Waals surface area (Å²) in [6, 6.07) is 11.1. The summed E-state index contributed by atoms with van der Waals surface area (Å²) in [6.45, 7) is 3.53. The summed E-state index contributed by atoms with van der Waals surface area (Å²) >= 11 is 1.16. The number of rotatable bonds is 5. The highest BCUT2D eigenvalue weighted by Crippen LogP contribution is 2.55. The van der Waals surface area contributed by atoms with Gasteiger partial charge in [-0.15, -0.1) is 11.3 Å². The van der Waals surface area contributed by atoms with Gasteiger partial charge >= 0.3 is 5.97 Å². The summed E-state index contributed by atoms with van der Waals surface area (Å²) < 4.78 is 4.97. The monoisotopic (exact) mass is 557 g/mol. The Morgan fingerprint density at radius 1 is 1.00 bits per heavy atom. The number of esters is 1. The van der Waals surface area contributed by atoms with Crippen LogP contribution in [0.2, 0.25) is 0 Å². The molecule has 202 valence electrons. The van der Waals surface area contributed by atoms with E-state index in [0.717, 1.165) is 32.2 Å². The van der Waals surface area contributed by atoms with E-state index in [1.165, 1.54) is 31.4 Å². The predicted octanol–water partition coefficient (Wildman–Crippen LogP) is 4.46. The topological polar surface area (TPSA) is 127 Å². The minimum atomic E-state index is -1.04. The maximum absolute atomic E-state index is 14.2. The highest BCUT2D eigenvalue weighted by Gasteiger charge is 2.65. The number of Topliss-reactive ketones (excluding diaryl/α,β-unsaturated/α-hetero) is 1. The molecule has 0 N–H and O–H groups in total. The first-order valence-electron chi connectivity index (χ1n) is 12.5. The van der Waals surface area contributed by atoms with Crippen LogP contribution in [-0.2, 0) is 14.3 Å². The molecular formula is C29H23N3O7S. The van der Waals surface area contributed by atoms with Crippen LogP contribution in [0.1, 0.15) is 48.3 Å². The molecule has 4 atom stereocenters. The number of ether oxygens (including phenoxy) is 1. The third kappa shape index (κ3) is 3.54. The number of ketones is 1. The van der Waals surface area contributed by atoms with E-state index in [0.29, 0.717) is 5.56 Å². The molecular weight excluding hydrogens is 534 g/mol. The van der Waals surface area contributed by atoms with Crippen molar-refractivity contribution in [2.75, 3.05) is 12.0 Å². The largest absolute Gasteiger partial charge is 0.465 e. The molecule has 2 saturated heterocycles. The molecule has 6 rings (SSSR count). The van der Waals surface area contributed by atoms with Crippen LogP contribution >= 0.6 is 11.3 Å². The lowest BCUT2D eigenvalue weighted by atomic mass is 9.83. The Morgan fingerprint density at radius 3 is 2.35 bits per heavy atom. The number of nitrogens with zero attached hydrogens (tertiary/aromatic N) is 3. The van der Waals surface area contributed by atoms with Gasteiger partial charge in [-0.3, -0.25) is 24.5 Å². The first-order chi connectivity index (χ1) is 19.1. The third-order valence-electron chi connectivity index (χ3n) is 8.05. The standard InChI is InChI=1S/C29H23N3O7S/c1-14-15(2)40-28(20(14)29(36)39-3)31-26(34)21-22(27(31)35)24(25(33)17-8-10-18(11-9-17)32(37)38)30-13-12-16-6-4-5-7-19(16)23(21)30/h4-13,21-24H,1-3H3/t21-,22+,23+,24+/m0/s1. The van der Waals surface area contributed by atoms with Gasteiger partial charge < -0.3 is 9.64 Å². The number of carbonyl (C=O) groups is 4. The number of hydrogen-bond donors (Lipinski definition) is 0. The fourth-order valence-corrected chi connectivity index (χ4v) is 7.24. The smallest absolute Gasteiger partial charge is 0.341 e. The van der Waals surface area contributed by atoms with Crippen molar-refractivity contribution in [3.05, 3.63) is 97.5 Å². The molecule has 0 saturated carbocycles. The Hall–Kier alpha value is -4.64. The van der Waals surface area contributed by atoms with Crippen molar-refractivity contribution in [2.24, 2.45) is 11.8 Å². The van der Waals surface area contributed by atoms with Crippen molar-refractivity contribution in [3.63, 3.8) is 0 Å². The lowest BCUT2D eigenvalue weighted by Gasteiger charge is -2.35. The fourth-order valence-electron chi connectivity index (χ4n) is 6.08. The zero-order chi connectivity index (χ0) is 28.5. The van der Waals surface area contributed by atoms with E-state index in [1.807, 2.05) is 30.3 Å². The molecule has 40 heavy (non-hydrogen) atoms. The Balaban J connectivity index is 1.50. The van der Waals surface area contributed by atoms with Crippen molar-refractivity contribution in [3.8, 4) is 0 Å². The maximum Gasteiger partial charge on any atom is 0.341 e. The van der Waals surface area contributed by atoms with E-state index in [4.69, 9.17) is 4.74 Å². The van der Waals surface area contributed by atoms with Crippen molar-refractivity contribution in [2.45, 2.75) is 25.9 Å². The Kier molecular flexibility index (Phi) is 5.91. The van der Waals surface area contributed by atoms with Crippen molar-refractivity contribution < 1.29 is 28.8 Å². The molecule has 3 aromatic rings. The quantitative estimate of drug-likeness (QED) is 0.148. The fraction of sp³-hybridized carbons (Fsp3) is 0.241. The molecule has 0 unspecified atom stereocenters. The van der Waals surface area contributed by atoms with E-state index in [-0.39, 0.29) is 21.8 Å². The average Bonchev–Trinajstić information content (AvgIpc) is 3.54. The first-order valence-corrected chi connectivity index (χ1v) is 13.4. The number of hydrogen-bond acceptors (Lipinski definition) is 9. The highest BCUT2D eigenvalue weighted by atomic mass is 32.1. The molecule has 3 aliphatic heterocycles. The SMILES string of the molecule is COC(=O)c1c(N2C(=O)[C@@H]3[C@H](C2=O)[C@H]2c4ccccc4C=CN2[C@H]3C(=O)c2ccc([N+](=O)[O-])cc2)sc(C)c1C. The molecule has 0 aliphatic carbocycles. The second kappa shape index (κ2) is 9.23. The average molecular weight is 558 g/mol. The van der Waals surface area contributed by atoms with Crippen molar-refractivity contribution >= 4 is 51.7 Å². The number of benzene rings is 2. The Bertz CT molecular complexity index is 1660. The van der Waals surface area contributed by atoms with Crippen molar-refractivity contribution in [1.29, 1.82) is 0 Å². The van der Waals surface area contributed by atoms with Gasteiger partial charge in [-0.2, -0.15) is 0 Å². The number of non-ortho nitro benzene ring substituents is 1. The summed E-state index contributed by atoms with van der Waals surface area (Å²) in [5, 5.41) is 11.3. The van der Waals surface area contributed by atoms with Crippen LogP contribution in [0.5, 0.6) is 0 Å². The summed E-state index contributed by atoms with van der Waals surface area (Å²) in [6.07, 6.45) is 3.58. The van der Waals surface area contributed by atoms with E-state index in [1.54, 1.807) is 24.9 Å². The second-order valence-electron chi connectivity index (χ2n) is 9.97. The van der Waals surface area contributed by atoms with Gasteiger partial charge in [0.05, 0.1) is 35.5 Å². The van der Waals surface area contributed by atoms with E-state index in [9.17, 15) is 29.3 Å². The molecule has 1 aromatic heterocycles. The van der Waals surface area contributed by atoms with Gasteiger partial charge in [0, 0.05) is 28.8 Å². The maximum atomic E-state index is 14.2. The molecule has 0 spiro atoms. The molecule has 2 aromatic carbocycles. The molecule has 4 heterocycles. The first kappa shape index (κ1) is 25.6. The van der Waals surface area contributed by atoms with Gasteiger partial charge in [0.25, 0.3) is 5.69 Å². The minimum Gasteiger partial charge on any atom is -0.465 e. The molecule has 11 heteroatoms. The molecule has 10 nitrogen and oxygen atoms in total.